The van der Waals surface area contributed by atoms with E-state index in [1.54, 1.807) is 0 Å². The first-order chi connectivity index (χ1) is 11.6. The van der Waals surface area contributed by atoms with Crippen molar-refractivity contribution in [2.24, 2.45) is 0 Å². The smallest absolute Gasteiger partial charge is 0.251 e. The van der Waals surface area contributed by atoms with Crippen molar-refractivity contribution < 1.29 is 9.21 Å². The van der Waals surface area contributed by atoms with Crippen molar-refractivity contribution in [2.45, 2.75) is 20.3 Å². The molecule has 0 aliphatic rings. The Balaban J connectivity index is 1.61. The van der Waals surface area contributed by atoms with Crippen LogP contribution >= 0.6 is 0 Å². The topological polar surface area (TPSA) is 55.1 Å². The SMILES string of the molecule is Cc1cccc(C(=O)NCCc2nc(-c3ccccc3)oc2C)c1. The lowest BCUT2D eigenvalue weighted by Crippen LogP contribution is -2.25. The van der Waals surface area contributed by atoms with E-state index in [0.717, 1.165) is 22.6 Å². The normalized spacial score (nSPS) is 10.6. The summed E-state index contributed by atoms with van der Waals surface area (Å²) >= 11 is 0. The lowest BCUT2D eigenvalue weighted by molar-refractivity contribution is 0.0954. The molecule has 24 heavy (non-hydrogen) atoms. The van der Waals surface area contributed by atoms with Gasteiger partial charge in [0.15, 0.2) is 0 Å². The van der Waals surface area contributed by atoms with Crippen LogP contribution in [0.15, 0.2) is 59.0 Å². The number of hydrogen-bond donors (Lipinski definition) is 1. The van der Waals surface area contributed by atoms with E-state index >= 15 is 0 Å². The number of rotatable bonds is 5. The predicted molar refractivity (Wildman–Crippen MR) is 93.9 cm³/mol. The third kappa shape index (κ3) is 3.71. The standard InChI is InChI=1S/C20H20N2O2/c1-14-7-6-10-17(13-14)19(23)21-12-11-18-15(2)24-20(22-18)16-8-4-3-5-9-16/h3-10,13H,11-12H2,1-2H3,(H,21,23). The molecule has 0 aliphatic carbocycles. The first-order valence-corrected chi connectivity index (χ1v) is 8.00. The summed E-state index contributed by atoms with van der Waals surface area (Å²) in [6.07, 6.45) is 0.639. The molecule has 122 valence electrons. The number of carbonyl (C=O) groups excluding carboxylic acids is 1. The average Bonchev–Trinajstić information content (AvgIpc) is 2.96. The van der Waals surface area contributed by atoms with Gasteiger partial charge in [0.05, 0.1) is 5.69 Å². The van der Waals surface area contributed by atoms with Gasteiger partial charge >= 0.3 is 0 Å². The summed E-state index contributed by atoms with van der Waals surface area (Å²) in [7, 11) is 0. The number of benzene rings is 2. The second-order valence-corrected chi connectivity index (χ2v) is 5.76. The predicted octanol–water partition coefficient (Wildman–Crippen LogP) is 3.93. The summed E-state index contributed by atoms with van der Waals surface area (Å²) in [5.74, 6) is 1.34. The summed E-state index contributed by atoms with van der Waals surface area (Å²) in [4.78, 5) is 16.7. The van der Waals surface area contributed by atoms with Gasteiger partial charge < -0.3 is 9.73 Å². The van der Waals surface area contributed by atoms with E-state index in [0.29, 0.717) is 24.4 Å². The number of nitrogens with one attached hydrogen (secondary N) is 1. The molecule has 4 heteroatoms. The van der Waals surface area contributed by atoms with Crippen molar-refractivity contribution in [3.63, 3.8) is 0 Å². The van der Waals surface area contributed by atoms with Crippen LogP contribution in [0.1, 0.15) is 27.4 Å². The van der Waals surface area contributed by atoms with Gasteiger partial charge in [0.2, 0.25) is 5.89 Å². The van der Waals surface area contributed by atoms with Gasteiger partial charge in [-0.3, -0.25) is 4.79 Å². The van der Waals surface area contributed by atoms with Crippen LogP contribution in [0.2, 0.25) is 0 Å². The van der Waals surface area contributed by atoms with Crippen molar-refractivity contribution in [1.82, 2.24) is 10.3 Å². The first-order valence-electron chi connectivity index (χ1n) is 8.00. The Kier molecular flexibility index (Phi) is 4.75. The molecule has 3 rings (SSSR count). The Hall–Kier alpha value is -2.88. The van der Waals surface area contributed by atoms with Crippen LogP contribution < -0.4 is 5.32 Å². The summed E-state index contributed by atoms with van der Waals surface area (Å²) in [6.45, 7) is 4.40. The number of aromatic nitrogens is 1. The zero-order chi connectivity index (χ0) is 16.9. The minimum Gasteiger partial charge on any atom is -0.441 e. The zero-order valence-corrected chi connectivity index (χ0v) is 13.9. The van der Waals surface area contributed by atoms with E-state index in [-0.39, 0.29) is 5.91 Å². The largest absolute Gasteiger partial charge is 0.441 e. The van der Waals surface area contributed by atoms with Gasteiger partial charge in [-0.05, 0) is 38.1 Å². The Morgan fingerprint density at radius 2 is 1.88 bits per heavy atom. The number of aryl methyl sites for hydroxylation is 2. The van der Waals surface area contributed by atoms with Gasteiger partial charge in [-0.15, -0.1) is 0 Å². The highest BCUT2D eigenvalue weighted by Gasteiger charge is 2.12. The van der Waals surface area contributed by atoms with Crippen molar-refractivity contribution in [3.05, 3.63) is 77.2 Å². The maximum absolute atomic E-state index is 12.1. The monoisotopic (exact) mass is 320 g/mol. The van der Waals surface area contributed by atoms with E-state index in [2.05, 4.69) is 10.3 Å². The van der Waals surface area contributed by atoms with Gasteiger partial charge in [0.1, 0.15) is 5.76 Å². The van der Waals surface area contributed by atoms with Crippen LogP contribution in [-0.4, -0.2) is 17.4 Å². The number of hydrogen-bond acceptors (Lipinski definition) is 3. The molecule has 2 aromatic carbocycles. The Labute approximate surface area is 141 Å². The molecule has 0 saturated carbocycles. The third-order valence-corrected chi connectivity index (χ3v) is 3.84. The second kappa shape index (κ2) is 7.13. The van der Waals surface area contributed by atoms with Crippen molar-refractivity contribution in [2.75, 3.05) is 6.54 Å². The fourth-order valence-corrected chi connectivity index (χ4v) is 2.55. The van der Waals surface area contributed by atoms with E-state index in [4.69, 9.17) is 4.42 Å². The molecule has 0 radical (unpaired) electrons. The van der Waals surface area contributed by atoms with E-state index in [9.17, 15) is 4.79 Å². The molecular formula is C20H20N2O2. The van der Waals surface area contributed by atoms with Crippen LogP contribution in [0.3, 0.4) is 0 Å². The van der Waals surface area contributed by atoms with Crippen molar-refractivity contribution >= 4 is 5.91 Å². The molecule has 1 N–H and O–H groups in total. The van der Waals surface area contributed by atoms with Gasteiger partial charge in [0.25, 0.3) is 5.91 Å². The van der Waals surface area contributed by atoms with Crippen molar-refractivity contribution in [3.8, 4) is 11.5 Å². The molecule has 0 fully saturated rings. The van der Waals surface area contributed by atoms with E-state index < -0.39 is 0 Å². The zero-order valence-electron chi connectivity index (χ0n) is 13.9. The molecule has 1 aromatic heterocycles. The lowest BCUT2D eigenvalue weighted by Gasteiger charge is -2.05. The van der Waals surface area contributed by atoms with Crippen LogP contribution in [0.5, 0.6) is 0 Å². The highest BCUT2D eigenvalue weighted by Crippen LogP contribution is 2.21. The molecule has 0 saturated heterocycles. The van der Waals surface area contributed by atoms with Gasteiger partial charge in [-0.25, -0.2) is 4.98 Å². The highest BCUT2D eigenvalue weighted by atomic mass is 16.4. The molecule has 0 unspecified atom stereocenters. The van der Waals surface area contributed by atoms with Crippen LogP contribution in [0, 0.1) is 13.8 Å². The molecule has 1 heterocycles. The summed E-state index contributed by atoms with van der Waals surface area (Å²) < 4.78 is 5.73. The average molecular weight is 320 g/mol. The summed E-state index contributed by atoms with van der Waals surface area (Å²) in [5, 5.41) is 2.93. The van der Waals surface area contributed by atoms with Crippen LogP contribution in [0.25, 0.3) is 11.5 Å². The Morgan fingerprint density at radius 3 is 2.62 bits per heavy atom. The van der Waals surface area contributed by atoms with Gasteiger partial charge in [0, 0.05) is 24.1 Å². The Bertz CT molecular complexity index is 838. The Morgan fingerprint density at radius 1 is 1.08 bits per heavy atom. The van der Waals surface area contributed by atoms with Crippen LogP contribution in [-0.2, 0) is 6.42 Å². The van der Waals surface area contributed by atoms with E-state index in [1.807, 2.05) is 68.4 Å². The highest BCUT2D eigenvalue weighted by molar-refractivity contribution is 5.94. The summed E-state index contributed by atoms with van der Waals surface area (Å²) in [6, 6.07) is 17.4. The maximum atomic E-state index is 12.1. The molecule has 0 spiro atoms. The lowest BCUT2D eigenvalue weighted by atomic mass is 10.1. The number of carbonyl (C=O) groups is 1. The molecule has 1 amide bonds. The molecule has 4 nitrogen and oxygen atoms in total. The second-order valence-electron chi connectivity index (χ2n) is 5.76. The summed E-state index contributed by atoms with van der Waals surface area (Å²) in [5.41, 5.74) is 3.58. The minimum absolute atomic E-state index is 0.0665. The molecular weight excluding hydrogens is 300 g/mol. The molecule has 0 atom stereocenters. The molecule has 3 aromatic rings. The number of nitrogens with zero attached hydrogens (tertiary/aromatic N) is 1. The quantitative estimate of drug-likeness (QED) is 0.775. The maximum Gasteiger partial charge on any atom is 0.251 e. The number of amides is 1. The molecule has 0 bridgehead atoms. The number of oxazole rings is 1. The minimum atomic E-state index is -0.0665. The fourth-order valence-electron chi connectivity index (χ4n) is 2.55. The molecule has 0 aliphatic heterocycles. The fraction of sp³-hybridized carbons (Fsp3) is 0.200. The van der Waals surface area contributed by atoms with Gasteiger partial charge in [-0.1, -0.05) is 35.9 Å². The van der Waals surface area contributed by atoms with Crippen LogP contribution in [0.4, 0.5) is 0 Å². The first kappa shape index (κ1) is 16.0. The third-order valence-electron chi connectivity index (χ3n) is 3.84. The van der Waals surface area contributed by atoms with Crippen molar-refractivity contribution in [1.29, 1.82) is 0 Å². The van der Waals surface area contributed by atoms with E-state index in [1.165, 1.54) is 0 Å². The van der Waals surface area contributed by atoms with Gasteiger partial charge in [-0.2, -0.15) is 0 Å².